The highest BCUT2D eigenvalue weighted by Crippen LogP contribution is 2.36. The van der Waals surface area contributed by atoms with E-state index in [4.69, 9.17) is 27.9 Å². The molecule has 0 aromatic heterocycles. The second kappa shape index (κ2) is 7.32. The van der Waals surface area contributed by atoms with Crippen LogP contribution in [0.25, 0.3) is 0 Å². The lowest BCUT2D eigenvalue weighted by Gasteiger charge is -2.16. The first-order chi connectivity index (χ1) is 11.2. The first kappa shape index (κ1) is 18.4. The van der Waals surface area contributed by atoms with Gasteiger partial charge in [0.15, 0.2) is 6.10 Å². The first-order valence-corrected chi connectivity index (χ1v) is 7.53. The summed E-state index contributed by atoms with van der Waals surface area (Å²) in [7, 11) is 0. The molecule has 2 aromatic carbocycles. The number of carbonyl (C=O) groups excluding carboxylic acids is 1. The second-order valence-electron chi connectivity index (χ2n) is 4.87. The zero-order valence-corrected chi connectivity index (χ0v) is 13.8. The van der Waals surface area contributed by atoms with Crippen LogP contribution in [0, 0.1) is 0 Å². The van der Waals surface area contributed by atoms with Crippen LogP contribution in [0.3, 0.4) is 0 Å². The van der Waals surface area contributed by atoms with Crippen LogP contribution in [0.2, 0.25) is 10.0 Å². The number of carbonyl (C=O) groups is 1. The summed E-state index contributed by atoms with van der Waals surface area (Å²) in [5.74, 6) is -0.320. The average molecular weight is 378 g/mol. The summed E-state index contributed by atoms with van der Waals surface area (Å²) in [5.41, 5.74) is -1.06. The first-order valence-electron chi connectivity index (χ1n) is 6.77. The summed E-state index contributed by atoms with van der Waals surface area (Å²) >= 11 is 11.5. The summed E-state index contributed by atoms with van der Waals surface area (Å²) in [4.78, 5) is 12.1. The largest absolute Gasteiger partial charge is 0.479 e. The molecule has 1 N–H and O–H groups in total. The molecular weight excluding hydrogens is 366 g/mol. The van der Waals surface area contributed by atoms with Crippen LogP contribution in [0.4, 0.5) is 18.9 Å². The minimum Gasteiger partial charge on any atom is -0.479 e. The van der Waals surface area contributed by atoms with Crippen molar-refractivity contribution >= 4 is 34.8 Å². The molecule has 2 rings (SSSR count). The van der Waals surface area contributed by atoms with Crippen LogP contribution < -0.4 is 10.1 Å². The van der Waals surface area contributed by atoms with E-state index < -0.39 is 28.8 Å². The molecule has 128 valence electrons. The van der Waals surface area contributed by atoms with Crippen molar-refractivity contribution in [3.63, 3.8) is 0 Å². The molecule has 0 aliphatic carbocycles. The molecule has 0 radical (unpaired) electrons. The van der Waals surface area contributed by atoms with Crippen molar-refractivity contribution in [2.24, 2.45) is 0 Å². The maximum atomic E-state index is 12.8. The molecular formula is C16H12Cl2F3NO2. The predicted molar refractivity (Wildman–Crippen MR) is 86.6 cm³/mol. The Hall–Kier alpha value is -1.92. The van der Waals surface area contributed by atoms with Gasteiger partial charge in [-0.2, -0.15) is 13.2 Å². The van der Waals surface area contributed by atoms with E-state index in [0.29, 0.717) is 10.8 Å². The molecule has 3 nitrogen and oxygen atoms in total. The SMILES string of the molecule is C[C@@H](Oc1ccccc1Cl)C(=O)Nc1ccc(Cl)c(C(F)(F)F)c1. The molecule has 1 amide bonds. The van der Waals surface area contributed by atoms with E-state index in [9.17, 15) is 18.0 Å². The number of alkyl halides is 3. The number of para-hydroxylation sites is 1. The van der Waals surface area contributed by atoms with E-state index in [1.54, 1.807) is 24.3 Å². The van der Waals surface area contributed by atoms with Gasteiger partial charge in [0.1, 0.15) is 5.75 Å². The number of hydrogen-bond acceptors (Lipinski definition) is 2. The maximum Gasteiger partial charge on any atom is 0.417 e. The monoisotopic (exact) mass is 377 g/mol. The fraction of sp³-hybridized carbons (Fsp3) is 0.188. The van der Waals surface area contributed by atoms with Crippen molar-refractivity contribution in [2.45, 2.75) is 19.2 Å². The third-order valence-electron chi connectivity index (χ3n) is 3.05. The number of hydrogen-bond donors (Lipinski definition) is 1. The van der Waals surface area contributed by atoms with Crippen molar-refractivity contribution in [3.05, 3.63) is 58.1 Å². The zero-order valence-electron chi connectivity index (χ0n) is 12.3. The normalized spacial score (nSPS) is 12.6. The van der Waals surface area contributed by atoms with Crippen LogP contribution in [0.15, 0.2) is 42.5 Å². The maximum absolute atomic E-state index is 12.8. The quantitative estimate of drug-likeness (QED) is 0.772. The molecule has 0 saturated heterocycles. The smallest absolute Gasteiger partial charge is 0.417 e. The van der Waals surface area contributed by atoms with E-state index in [1.165, 1.54) is 13.0 Å². The highest BCUT2D eigenvalue weighted by atomic mass is 35.5. The van der Waals surface area contributed by atoms with E-state index >= 15 is 0 Å². The Bertz CT molecular complexity index is 750. The van der Waals surface area contributed by atoms with Crippen LogP contribution in [0.5, 0.6) is 5.75 Å². The van der Waals surface area contributed by atoms with Crippen LogP contribution in [0.1, 0.15) is 12.5 Å². The predicted octanol–water partition coefficient (Wildman–Crippen LogP) is 5.42. The molecule has 0 spiro atoms. The summed E-state index contributed by atoms with van der Waals surface area (Å²) in [6.45, 7) is 1.46. The molecule has 24 heavy (non-hydrogen) atoms. The number of amides is 1. The minimum atomic E-state index is -4.61. The molecule has 8 heteroatoms. The van der Waals surface area contributed by atoms with Crippen LogP contribution in [-0.4, -0.2) is 12.0 Å². The van der Waals surface area contributed by atoms with Gasteiger partial charge in [-0.1, -0.05) is 35.3 Å². The Balaban J connectivity index is 2.11. The molecule has 0 heterocycles. The lowest BCUT2D eigenvalue weighted by atomic mass is 10.2. The number of rotatable bonds is 4. The molecule has 0 fully saturated rings. The molecule has 0 aliphatic heterocycles. The van der Waals surface area contributed by atoms with Gasteiger partial charge < -0.3 is 10.1 Å². The third kappa shape index (κ3) is 4.55. The Morgan fingerprint density at radius 3 is 2.42 bits per heavy atom. The molecule has 2 aromatic rings. The van der Waals surface area contributed by atoms with Crippen molar-refractivity contribution < 1.29 is 22.7 Å². The van der Waals surface area contributed by atoms with Crippen molar-refractivity contribution in [3.8, 4) is 5.75 Å². The summed E-state index contributed by atoms with van der Waals surface area (Å²) in [6.07, 6.45) is -5.58. The summed E-state index contributed by atoms with van der Waals surface area (Å²) in [6, 6.07) is 9.67. The highest BCUT2D eigenvalue weighted by Gasteiger charge is 2.33. The van der Waals surface area contributed by atoms with Crippen molar-refractivity contribution in [1.29, 1.82) is 0 Å². The lowest BCUT2D eigenvalue weighted by Crippen LogP contribution is -2.30. The van der Waals surface area contributed by atoms with Gasteiger partial charge in [-0.25, -0.2) is 0 Å². The van der Waals surface area contributed by atoms with Gasteiger partial charge in [-0.15, -0.1) is 0 Å². The number of benzene rings is 2. The lowest BCUT2D eigenvalue weighted by molar-refractivity contribution is -0.137. The summed E-state index contributed by atoms with van der Waals surface area (Å²) in [5, 5.41) is 2.23. The average Bonchev–Trinajstić information content (AvgIpc) is 2.50. The number of ether oxygens (including phenoxy) is 1. The van der Waals surface area contributed by atoms with E-state index in [2.05, 4.69) is 5.32 Å². The van der Waals surface area contributed by atoms with Gasteiger partial charge in [0.2, 0.25) is 0 Å². The molecule has 1 atom stereocenters. The van der Waals surface area contributed by atoms with Gasteiger partial charge in [-0.3, -0.25) is 4.79 Å². The third-order valence-corrected chi connectivity index (χ3v) is 3.69. The van der Waals surface area contributed by atoms with E-state index in [0.717, 1.165) is 12.1 Å². The Morgan fingerprint density at radius 1 is 1.12 bits per heavy atom. The van der Waals surface area contributed by atoms with Crippen molar-refractivity contribution in [2.75, 3.05) is 5.32 Å². The standard InChI is InChI=1S/C16H12Cl2F3NO2/c1-9(24-14-5-3-2-4-13(14)18)15(23)22-10-6-7-12(17)11(8-10)16(19,20)21/h2-9H,1H3,(H,22,23)/t9-/m1/s1. The molecule has 0 saturated carbocycles. The topological polar surface area (TPSA) is 38.3 Å². The number of nitrogens with one attached hydrogen (secondary N) is 1. The Labute approximate surface area is 146 Å². The van der Waals surface area contributed by atoms with Gasteiger partial charge in [-0.05, 0) is 37.3 Å². The van der Waals surface area contributed by atoms with Crippen LogP contribution >= 0.6 is 23.2 Å². The van der Waals surface area contributed by atoms with Gasteiger partial charge in [0.25, 0.3) is 5.91 Å². The number of halogens is 5. The second-order valence-corrected chi connectivity index (χ2v) is 5.69. The minimum absolute atomic E-state index is 0.0358. The van der Waals surface area contributed by atoms with Gasteiger partial charge in [0, 0.05) is 5.69 Å². The fourth-order valence-electron chi connectivity index (χ4n) is 1.85. The summed E-state index contributed by atoms with van der Waals surface area (Å²) < 4.78 is 43.9. The molecule has 0 aliphatic rings. The Kier molecular flexibility index (Phi) is 5.62. The van der Waals surface area contributed by atoms with E-state index in [-0.39, 0.29) is 5.69 Å². The fourth-order valence-corrected chi connectivity index (χ4v) is 2.25. The molecule has 0 unspecified atom stereocenters. The van der Waals surface area contributed by atoms with E-state index in [1.807, 2.05) is 0 Å². The Morgan fingerprint density at radius 2 is 1.79 bits per heavy atom. The molecule has 0 bridgehead atoms. The van der Waals surface area contributed by atoms with Gasteiger partial charge >= 0.3 is 6.18 Å². The zero-order chi connectivity index (χ0) is 17.9. The van der Waals surface area contributed by atoms with Crippen molar-refractivity contribution in [1.82, 2.24) is 0 Å². The van der Waals surface area contributed by atoms with Crippen LogP contribution in [-0.2, 0) is 11.0 Å². The number of anilines is 1. The highest BCUT2D eigenvalue weighted by molar-refractivity contribution is 6.32. The van der Waals surface area contributed by atoms with Gasteiger partial charge in [0.05, 0.1) is 15.6 Å².